The van der Waals surface area contributed by atoms with E-state index < -0.39 is 22.5 Å². The van der Waals surface area contributed by atoms with Gasteiger partial charge in [-0.2, -0.15) is 5.11 Å². The van der Waals surface area contributed by atoms with Gasteiger partial charge in [0, 0.05) is 0 Å². The third kappa shape index (κ3) is 1.29. The van der Waals surface area contributed by atoms with Crippen molar-refractivity contribution in [1.29, 1.82) is 0 Å². The highest BCUT2D eigenvalue weighted by molar-refractivity contribution is 7.79. The van der Waals surface area contributed by atoms with E-state index in [-0.39, 0.29) is 11.4 Å². The van der Waals surface area contributed by atoms with Crippen LogP contribution in [0.4, 0.5) is 0 Å². The highest BCUT2D eigenvalue weighted by atomic mass is 32.2. The van der Waals surface area contributed by atoms with E-state index in [4.69, 9.17) is 4.55 Å². The molecule has 2 heterocycles. The van der Waals surface area contributed by atoms with Crippen LogP contribution in [-0.2, 0) is 15.9 Å². The number of aliphatic imine (C=N–C) groups is 1. The highest BCUT2D eigenvalue weighted by Crippen LogP contribution is 2.15. The number of rotatable bonds is 1. The Labute approximate surface area is 74.9 Å². The molecule has 0 aliphatic carbocycles. The molecule has 8 heteroatoms. The van der Waals surface area contributed by atoms with Crippen molar-refractivity contribution in [2.45, 2.75) is 5.50 Å². The number of fused-ring (bicyclic) bond motifs is 1. The molecule has 0 aromatic carbocycles. The molecule has 13 heavy (non-hydrogen) atoms. The number of carbonyl (C=O) groups is 1. The summed E-state index contributed by atoms with van der Waals surface area (Å²) in [7, 11) is 0. The maximum atomic E-state index is 11.2. The zero-order valence-corrected chi connectivity index (χ0v) is 6.98. The Bertz CT molecular complexity index is 385. The van der Waals surface area contributed by atoms with E-state index in [1.807, 2.05) is 0 Å². The summed E-state index contributed by atoms with van der Waals surface area (Å²) in [6.45, 7) is 0. The predicted molar refractivity (Wildman–Crippen MR) is 43.1 cm³/mol. The first-order valence-electron chi connectivity index (χ1n) is 3.28. The van der Waals surface area contributed by atoms with Crippen LogP contribution in [0.3, 0.4) is 0 Å². The van der Waals surface area contributed by atoms with Gasteiger partial charge in [0.15, 0.2) is 16.9 Å². The predicted octanol–water partition coefficient (Wildman–Crippen LogP) is -0.630. The molecular weight excluding hydrogens is 196 g/mol. The maximum Gasteiger partial charge on any atom is 0.259 e. The first-order chi connectivity index (χ1) is 6.18. The average Bonchev–Trinajstić information content (AvgIpc) is 2.51. The summed E-state index contributed by atoms with van der Waals surface area (Å²) < 4.78 is 19.3. The van der Waals surface area contributed by atoms with Crippen LogP contribution in [0.1, 0.15) is 0 Å². The quantitative estimate of drug-likeness (QED) is 0.550. The van der Waals surface area contributed by atoms with Gasteiger partial charge in [0.05, 0.1) is 6.20 Å². The van der Waals surface area contributed by atoms with E-state index in [2.05, 4.69) is 20.5 Å². The molecule has 0 bridgehead atoms. The Kier molecular flexibility index (Phi) is 1.78. The third-order valence-electron chi connectivity index (χ3n) is 1.51. The summed E-state index contributed by atoms with van der Waals surface area (Å²) in [5.74, 6) is -0.376. The van der Waals surface area contributed by atoms with Gasteiger partial charge in [-0.1, -0.05) is 0 Å². The van der Waals surface area contributed by atoms with Gasteiger partial charge in [-0.3, -0.25) is 4.79 Å². The topological polar surface area (TPSA) is 103 Å². The molecule has 2 N–H and O–H groups in total. The van der Waals surface area contributed by atoms with Gasteiger partial charge in [0.2, 0.25) is 5.50 Å². The number of amidine groups is 1. The van der Waals surface area contributed by atoms with Crippen LogP contribution >= 0.6 is 0 Å². The van der Waals surface area contributed by atoms with E-state index in [9.17, 15) is 9.00 Å². The van der Waals surface area contributed by atoms with Gasteiger partial charge in [-0.05, 0) is 0 Å². The van der Waals surface area contributed by atoms with Crippen molar-refractivity contribution in [2.75, 3.05) is 0 Å². The molecular formula is C5H4N4O3S. The molecule has 0 fully saturated rings. The van der Waals surface area contributed by atoms with Crippen molar-refractivity contribution in [3.63, 3.8) is 0 Å². The van der Waals surface area contributed by atoms with Gasteiger partial charge >= 0.3 is 0 Å². The van der Waals surface area contributed by atoms with Crippen LogP contribution in [0.5, 0.6) is 0 Å². The fourth-order valence-electron chi connectivity index (χ4n) is 0.937. The molecule has 2 aliphatic rings. The van der Waals surface area contributed by atoms with Crippen molar-refractivity contribution in [3.05, 3.63) is 11.8 Å². The van der Waals surface area contributed by atoms with Gasteiger partial charge in [-0.25, -0.2) is 9.20 Å². The normalized spacial score (nSPS) is 27.5. The Hall–Kier alpha value is -1.41. The van der Waals surface area contributed by atoms with Crippen molar-refractivity contribution in [1.82, 2.24) is 5.32 Å². The van der Waals surface area contributed by atoms with Crippen LogP contribution in [-0.4, -0.2) is 26.0 Å². The Morgan fingerprint density at radius 2 is 2.38 bits per heavy atom. The van der Waals surface area contributed by atoms with Crippen LogP contribution in [0, 0.1) is 0 Å². The second kappa shape index (κ2) is 2.82. The molecule has 2 atom stereocenters. The summed E-state index contributed by atoms with van der Waals surface area (Å²) in [4.78, 5) is 14.9. The summed E-state index contributed by atoms with van der Waals surface area (Å²) in [6.07, 6.45) is 1.25. The number of nitrogens with zero attached hydrogens (tertiary/aromatic N) is 3. The maximum absolute atomic E-state index is 11.2. The summed E-state index contributed by atoms with van der Waals surface area (Å²) in [5, 5.41) is 9.20. The average molecular weight is 200 g/mol. The molecule has 0 radical (unpaired) electrons. The molecule has 68 valence electrons. The molecule has 2 unspecified atom stereocenters. The molecule has 0 spiro atoms. The Balaban J connectivity index is 2.39. The number of amides is 1. The minimum absolute atomic E-state index is 0.108. The van der Waals surface area contributed by atoms with E-state index in [1.54, 1.807) is 0 Å². The van der Waals surface area contributed by atoms with Crippen molar-refractivity contribution in [2.24, 2.45) is 15.2 Å². The molecule has 2 aliphatic heterocycles. The standard InChI is InChI=1S/C5H4N4O3S/c10-4-2-1-6-9-3(2)7-5(8-4)13(11)12/h1,5H,(H,8,10)(H,11,12). The van der Waals surface area contributed by atoms with Crippen molar-refractivity contribution >= 4 is 22.8 Å². The number of nitrogens with one attached hydrogen (secondary N) is 1. The Morgan fingerprint density at radius 3 is 3.08 bits per heavy atom. The second-order valence-corrected chi connectivity index (χ2v) is 3.31. The van der Waals surface area contributed by atoms with Gasteiger partial charge in [0.1, 0.15) is 5.57 Å². The number of azo groups is 1. The van der Waals surface area contributed by atoms with Gasteiger partial charge in [0.25, 0.3) is 5.91 Å². The summed E-state index contributed by atoms with van der Waals surface area (Å²) in [6, 6.07) is 0. The summed E-state index contributed by atoms with van der Waals surface area (Å²) >= 11 is -2.23. The van der Waals surface area contributed by atoms with Crippen LogP contribution < -0.4 is 5.32 Å². The second-order valence-electron chi connectivity index (χ2n) is 2.31. The van der Waals surface area contributed by atoms with Crippen LogP contribution in [0.15, 0.2) is 27.0 Å². The lowest BCUT2D eigenvalue weighted by atomic mass is 10.2. The number of hydrogen-bond donors (Lipinski definition) is 2. The highest BCUT2D eigenvalue weighted by Gasteiger charge is 2.30. The fourth-order valence-corrected chi connectivity index (χ4v) is 1.34. The minimum atomic E-state index is -2.23. The molecule has 0 aromatic rings. The van der Waals surface area contributed by atoms with Crippen molar-refractivity contribution < 1.29 is 13.6 Å². The lowest BCUT2D eigenvalue weighted by Crippen LogP contribution is -2.42. The lowest BCUT2D eigenvalue weighted by molar-refractivity contribution is -0.117. The van der Waals surface area contributed by atoms with Gasteiger partial charge < -0.3 is 9.87 Å². The van der Waals surface area contributed by atoms with E-state index >= 15 is 0 Å². The first kappa shape index (κ1) is 8.20. The number of hydrogen-bond acceptors (Lipinski definition) is 5. The molecule has 7 nitrogen and oxygen atoms in total. The monoisotopic (exact) mass is 200 g/mol. The fraction of sp³-hybridized carbons (Fsp3) is 0.200. The molecule has 1 amide bonds. The zero-order chi connectivity index (χ0) is 9.42. The third-order valence-corrected chi connectivity index (χ3v) is 2.12. The van der Waals surface area contributed by atoms with Crippen molar-refractivity contribution in [3.8, 4) is 0 Å². The lowest BCUT2D eigenvalue weighted by Gasteiger charge is -2.16. The van der Waals surface area contributed by atoms with Crippen LogP contribution in [0.25, 0.3) is 0 Å². The largest absolute Gasteiger partial charge is 0.317 e. The molecule has 2 rings (SSSR count). The minimum Gasteiger partial charge on any atom is -0.317 e. The molecule has 0 aromatic heterocycles. The van der Waals surface area contributed by atoms with E-state index in [0.717, 1.165) is 0 Å². The SMILES string of the molecule is O=C1NC(S(=O)O)N=C2N=NC=C12. The molecule has 0 saturated heterocycles. The zero-order valence-electron chi connectivity index (χ0n) is 6.17. The van der Waals surface area contributed by atoms with E-state index in [0.29, 0.717) is 0 Å². The van der Waals surface area contributed by atoms with E-state index in [1.165, 1.54) is 6.20 Å². The molecule has 0 saturated carbocycles. The first-order valence-corrected chi connectivity index (χ1v) is 4.45. The van der Waals surface area contributed by atoms with Crippen LogP contribution in [0.2, 0.25) is 0 Å². The summed E-state index contributed by atoms with van der Waals surface area (Å²) in [5.41, 5.74) is -0.918. The Morgan fingerprint density at radius 1 is 1.62 bits per heavy atom. The number of carbonyl (C=O) groups excluding carboxylic acids is 1. The smallest absolute Gasteiger partial charge is 0.259 e. The van der Waals surface area contributed by atoms with Gasteiger partial charge in [-0.15, -0.1) is 5.11 Å².